The van der Waals surface area contributed by atoms with Gasteiger partial charge >= 0.3 is 0 Å². The number of piperidine rings is 1. The van der Waals surface area contributed by atoms with Gasteiger partial charge in [0.05, 0.1) is 5.69 Å². The van der Waals surface area contributed by atoms with Crippen molar-refractivity contribution in [2.45, 2.75) is 32.2 Å². The summed E-state index contributed by atoms with van der Waals surface area (Å²) in [7, 11) is 2.06. The lowest BCUT2D eigenvalue weighted by molar-refractivity contribution is 0.453. The predicted molar refractivity (Wildman–Crippen MR) is 103 cm³/mol. The molecule has 0 bridgehead atoms. The fourth-order valence-corrected chi connectivity index (χ4v) is 3.53. The third-order valence-corrected chi connectivity index (χ3v) is 4.90. The van der Waals surface area contributed by atoms with Crippen molar-refractivity contribution in [2.75, 3.05) is 25.0 Å². The fourth-order valence-electron chi connectivity index (χ4n) is 3.53. The molecular weight excluding hydrogens is 340 g/mol. The van der Waals surface area contributed by atoms with E-state index in [1.54, 1.807) is 0 Å². The van der Waals surface area contributed by atoms with Crippen LogP contribution >= 0.6 is 0 Å². The van der Waals surface area contributed by atoms with Crippen LogP contribution in [0.25, 0.3) is 11.4 Å². The SMILES string of the molecule is Cc1nc([C@@H]2CCCNC2)cc(N(C)Cc2cccc(-c3nn[nH]n3)c2)n1. The first-order valence-corrected chi connectivity index (χ1v) is 9.29. The molecule has 27 heavy (non-hydrogen) atoms. The second kappa shape index (κ2) is 7.79. The second-order valence-electron chi connectivity index (χ2n) is 7.03. The topological polar surface area (TPSA) is 95.5 Å². The van der Waals surface area contributed by atoms with Crippen LogP contribution < -0.4 is 10.2 Å². The Balaban J connectivity index is 1.53. The van der Waals surface area contributed by atoms with E-state index >= 15 is 0 Å². The number of hydrogen-bond donors (Lipinski definition) is 2. The summed E-state index contributed by atoms with van der Waals surface area (Å²) in [6.07, 6.45) is 2.38. The fraction of sp³-hybridized carbons (Fsp3) is 0.421. The molecule has 3 heterocycles. The van der Waals surface area contributed by atoms with Gasteiger partial charge in [0.25, 0.3) is 0 Å². The number of nitrogens with one attached hydrogen (secondary N) is 2. The first-order valence-electron chi connectivity index (χ1n) is 9.29. The molecule has 1 aliphatic heterocycles. The molecule has 2 N–H and O–H groups in total. The molecule has 0 radical (unpaired) electrons. The molecular formula is C19H24N8. The van der Waals surface area contributed by atoms with Crippen LogP contribution in [0.2, 0.25) is 0 Å². The van der Waals surface area contributed by atoms with Crippen molar-refractivity contribution in [3.8, 4) is 11.4 Å². The lowest BCUT2D eigenvalue weighted by Crippen LogP contribution is -2.29. The predicted octanol–water partition coefficient (Wildman–Crippen LogP) is 2.07. The van der Waals surface area contributed by atoms with Crippen LogP contribution in [0.5, 0.6) is 0 Å². The summed E-state index contributed by atoms with van der Waals surface area (Å²) >= 11 is 0. The lowest BCUT2D eigenvalue weighted by atomic mass is 9.96. The van der Waals surface area contributed by atoms with E-state index < -0.39 is 0 Å². The van der Waals surface area contributed by atoms with Gasteiger partial charge in [-0.3, -0.25) is 0 Å². The van der Waals surface area contributed by atoms with E-state index in [4.69, 9.17) is 4.98 Å². The molecule has 0 amide bonds. The smallest absolute Gasteiger partial charge is 0.204 e. The van der Waals surface area contributed by atoms with Gasteiger partial charge in [0.15, 0.2) is 0 Å². The first kappa shape index (κ1) is 17.5. The van der Waals surface area contributed by atoms with E-state index in [0.29, 0.717) is 11.7 Å². The molecule has 1 aromatic carbocycles. The Morgan fingerprint density at radius 2 is 2.15 bits per heavy atom. The largest absolute Gasteiger partial charge is 0.355 e. The summed E-state index contributed by atoms with van der Waals surface area (Å²) in [5, 5.41) is 17.7. The zero-order chi connectivity index (χ0) is 18.6. The minimum atomic E-state index is 0.467. The summed E-state index contributed by atoms with van der Waals surface area (Å²) in [4.78, 5) is 11.5. The van der Waals surface area contributed by atoms with Crippen LogP contribution in [0.4, 0.5) is 5.82 Å². The number of H-pyrrole nitrogens is 1. The number of aromatic nitrogens is 6. The minimum absolute atomic E-state index is 0.467. The molecule has 8 heteroatoms. The summed E-state index contributed by atoms with van der Waals surface area (Å²) in [6, 6.07) is 10.3. The Morgan fingerprint density at radius 3 is 2.93 bits per heavy atom. The van der Waals surface area contributed by atoms with E-state index in [1.165, 1.54) is 12.8 Å². The molecule has 140 valence electrons. The van der Waals surface area contributed by atoms with Crippen molar-refractivity contribution in [1.82, 2.24) is 35.9 Å². The molecule has 0 aliphatic carbocycles. The molecule has 4 rings (SSSR count). The van der Waals surface area contributed by atoms with Crippen LogP contribution in [0.15, 0.2) is 30.3 Å². The molecule has 1 fully saturated rings. The molecule has 8 nitrogen and oxygen atoms in total. The van der Waals surface area contributed by atoms with E-state index in [-0.39, 0.29) is 0 Å². The monoisotopic (exact) mass is 364 g/mol. The lowest BCUT2D eigenvalue weighted by Gasteiger charge is -2.24. The summed E-state index contributed by atoms with van der Waals surface area (Å²) < 4.78 is 0. The van der Waals surface area contributed by atoms with Gasteiger partial charge in [0.2, 0.25) is 5.82 Å². The molecule has 2 aromatic heterocycles. The quantitative estimate of drug-likeness (QED) is 0.715. The number of anilines is 1. The summed E-state index contributed by atoms with van der Waals surface area (Å²) in [5.74, 6) is 2.84. The number of aromatic amines is 1. The number of hydrogen-bond acceptors (Lipinski definition) is 7. The van der Waals surface area contributed by atoms with E-state index in [9.17, 15) is 0 Å². The third-order valence-electron chi connectivity index (χ3n) is 4.90. The van der Waals surface area contributed by atoms with Gasteiger partial charge in [0, 0.05) is 37.7 Å². The highest BCUT2D eigenvalue weighted by Crippen LogP contribution is 2.25. The average Bonchev–Trinajstić information content (AvgIpc) is 3.23. The van der Waals surface area contributed by atoms with Gasteiger partial charge in [-0.1, -0.05) is 18.2 Å². The number of rotatable bonds is 5. The maximum Gasteiger partial charge on any atom is 0.204 e. The molecule has 3 aromatic rings. The Morgan fingerprint density at radius 1 is 1.22 bits per heavy atom. The van der Waals surface area contributed by atoms with Crippen LogP contribution in [-0.2, 0) is 6.54 Å². The Labute approximate surface area is 158 Å². The van der Waals surface area contributed by atoms with E-state index in [2.05, 4.69) is 61.1 Å². The van der Waals surface area contributed by atoms with Crippen molar-refractivity contribution in [1.29, 1.82) is 0 Å². The third kappa shape index (κ3) is 4.11. The van der Waals surface area contributed by atoms with Gasteiger partial charge in [-0.2, -0.15) is 5.21 Å². The Kier molecular flexibility index (Phi) is 5.06. The summed E-state index contributed by atoms with van der Waals surface area (Å²) in [5.41, 5.74) is 3.25. The molecule has 0 spiro atoms. The standard InChI is InChI=1S/C19H24N8/c1-13-21-17(16-7-4-8-20-11-16)10-18(22-13)27(2)12-14-5-3-6-15(9-14)19-23-25-26-24-19/h3,5-6,9-10,16,20H,4,7-8,11-12H2,1-2H3,(H,23,24,25,26)/t16-/m1/s1. The maximum atomic E-state index is 4.69. The molecule has 1 aliphatic rings. The number of tetrazole rings is 1. The van der Waals surface area contributed by atoms with Crippen LogP contribution in [0.3, 0.4) is 0 Å². The van der Waals surface area contributed by atoms with Gasteiger partial charge in [0.1, 0.15) is 11.6 Å². The molecule has 1 saturated heterocycles. The Hall–Kier alpha value is -2.87. The van der Waals surface area contributed by atoms with Crippen molar-refractivity contribution < 1.29 is 0 Å². The normalized spacial score (nSPS) is 17.0. The van der Waals surface area contributed by atoms with Crippen LogP contribution in [0.1, 0.15) is 35.8 Å². The number of benzene rings is 1. The van der Waals surface area contributed by atoms with Gasteiger partial charge in [-0.15, -0.1) is 10.2 Å². The zero-order valence-electron chi connectivity index (χ0n) is 15.7. The van der Waals surface area contributed by atoms with E-state index in [1.807, 2.05) is 19.1 Å². The molecule has 0 unspecified atom stereocenters. The van der Waals surface area contributed by atoms with Crippen LogP contribution in [-0.4, -0.2) is 50.7 Å². The zero-order valence-corrected chi connectivity index (χ0v) is 15.7. The number of aryl methyl sites for hydroxylation is 1. The minimum Gasteiger partial charge on any atom is -0.355 e. The average molecular weight is 364 g/mol. The highest BCUT2D eigenvalue weighted by Gasteiger charge is 2.18. The maximum absolute atomic E-state index is 4.69. The van der Waals surface area contributed by atoms with E-state index in [0.717, 1.165) is 48.1 Å². The first-order chi connectivity index (χ1) is 13.2. The van der Waals surface area contributed by atoms with Crippen molar-refractivity contribution in [3.63, 3.8) is 0 Å². The molecule has 1 atom stereocenters. The molecule has 0 saturated carbocycles. The highest BCUT2D eigenvalue weighted by atomic mass is 15.5. The van der Waals surface area contributed by atoms with Gasteiger partial charge in [-0.05, 0) is 43.2 Å². The van der Waals surface area contributed by atoms with Gasteiger partial charge < -0.3 is 10.2 Å². The van der Waals surface area contributed by atoms with Crippen molar-refractivity contribution >= 4 is 5.82 Å². The second-order valence-corrected chi connectivity index (χ2v) is 7.03. The van der Waals surface area contributed by atoms with Crippen molar-refractivity contribution in [3.05, 3.63) is 47.4 Å². The number of nitrogens with zero attached hydrogens (tertiary/aromatic N) is 6. The highest BCUT2D eigenvalue weighted by molar-refractivity contribution is 5.55. The Bertz CT molecular complexity index is 886. The van der Waals surface area contributed by atoms with Crippen LogP contribution in [0, 0.1) is 6.92 Å². The van der Waals surface area contributed by atoms with Crippen molar-refractivity contribution in [2.24, 2.45) is 0 Å². The summed E-state index contributed by atoms with van der Waals surface area (Å²) in [6.45, 7) is 4.80. The van der Waals surface area contributed by atoms with Gasteiger partial charge in [-0.25, -0.2) is 9.97 Å².